The van der Waals surface area contributed by atoms with Crippen molar-refractivity contribution in [3.8, 4) is 0 Å². The first-order valence-corrected chi connectivity index (χ1v) is 10.4. The fraction of sp³-hybridized carbons (Fsp3) is 0.0357. The van der Waals surface area contributed by atoms with Crippen molar-refractivity contribution in [2.24, 2.45) is 10.3 Å². The van der Waals surface area contributed by atoms with Crippen LogP contribution in [0, 0.1) is 0 Å². The van der Waals surface area contributed by atoms with Gasteiger partial charge in [-0.1, -0.05) is 114 Å². The zero-order chi connectivity index (χ0) is 22.2. The first-order chi connectivity index (χ1) is 15.7. The van der Waals surface area contributed by atoms with E-state index in [1.165, 1.54) is 11.9 Å². The molecule has 0 spiro atoms. The number of hydrogen-bond acceptors (Lipinski definition) is 3. The number of carbonyl (C=O) groups is 1. The van der Waals surface area contributed by atoms with Crippen molar-refractivity contribution in [3.63, 3.8) is 0 Å². The van der Waals surface area contributed by atoms with Gasteiger partial charge in [-0.2, -0.15) is 5.01 Å². The molecule has 0 aliphatic rings. The van der Waals surface area contributed by atoms with Crippen LogP contribution in [0.1, 0.15) is 23.6 Å². The van der Waals surface area contributed by atoms with E-state index in [9.17, 15) is 4.79 Å². The third kappa shape index (κ3) is 4.87. The first-order valence-electron chi connectivity index (χ1n) is 10.4. The normalized spacial score (nSPS) is 10.7. The summed E-state index contributed by atoms with van der Waals surface area (Å²) < 4.78 is 0. The summed E-state index contributed by atoms with van der Waals surface area (Å²) in [5.41, 5.74) is 5.24. The van der Waals surface area contributed by atoms with E-state index in [0.717, 1.165) is 22.3 Å². The van der Waals surface area contributed by atoms with E-state index in [0.29, 0.717) is 11.4 Å². The van der Waals surface area contributed by atoms with Crippen molar-refractivity contribution in [2.45, 2.75) is 6.92 Å². The average Bonchev–Trinajstić information content (AvgIpc) is 2.85. The quantitative estimate of drug-likeness (QED) is 0.189. The molecule has 0 aliphatic carbocycles. The standard InChI is InChI=1S/C28H23N3O/c1-22(32)31(26-20-12-5-13-21-26)30-29-28(25-18-10-4-11-19-25)27(23-14-6-2-7-15-23)24-16-8-3-9-17-24/h2-21H,1H3. The number of nitrogens with zero attached hydrogens (tertiary/aromatic N) is 3. The van der Waals surface area contributed by atoms with Crippen molar-refractivity contribution in [3.05, 3.63) is 138 Å². The molecule has 0 unspecified atom stereocenters. The molecule has 0 bridgehead atoms. The number of hydrogen-bond donors (Lipinski definition) is 0. The van der Waals surface area contributed by atoms with Crippen LogP contribution >= 0.6 is 0 Å². The fourth-order valence-corrected chi connectivity index (χ4v) is 3.45. The number of rotatable bonds is 6. The lowest BCUT2D eigenvalue weighted by Gasteiger charge is -2.16. The van der Waals surface area contributed by atoms with Crippen molar-refractivity contribution in [2.75, 3.05) is 5.01 Å². The van der Waals surface area contributed by atoms with E-state index in [4.69, 9.17) is 0 Å². The zero-order valence-corrected chi connectivity index (χ0v) is 17.8. The summed E-state index contributed by atoms with van der Waals surface area (Å²) in [6.45, 7) is 1.48. The maximum absolute atomic E-state index is 12.4. The molecule has 4 aromatic rings. The Bertz CT molecular complexity index is 1180. The Labute approximate surface area is 188 Å². The predicted octanol–water partition coefficient (Wildman–Crippen LogP) is 7.02. The van der Waals surface area contributed by atoms with Crippen LogP contribution in [-0.2, 0) is 4.79 Å². The van der Waals surface area contributed by atoms with Crippen LogP contribution in [-0.4, -0.2) is 5.91 Å². The van der Waals surface area contributed by atoms with Gasteiger partial charge in [-0.25, -0.2) is 0 Å². The average molecular weight is 418 g/mol. The minimum absolute atomic E-state index is 0.215. The van der Waals surface area contributed by atoms with Gasteiger partial charge in [0.15, 0.2) is 0 Å². The van der Waals surface area contributed by atoms with Gasteiger partial charge in [0.1, 0.15) is 5.70 Å². The molecule has 4 aromatic carbocycles. The van der Waals surface area contributed by atoms with Gasteiger partial charge in [-0.15, -0.1) is 5.11 Å². The number of amides is 1. The Morgan fingerprint density at radius 2 is 1.00 bits per heavy atom. The van der Waals surface area contributed by atoms with E-state index in [-0.39, 0.29) is 5.91 Å². The van der Waals surface area contributed by atoms with E-state index in [2.05, 4.69) is 34.6 Å². The lowest BCUT2D eigenvalue weighted by Crippen LogP contribution is -2.21. The molecule has 1 amide bonds. The summed E-state index contributed by atoms with van der Waals surface area (Å²) in [5, 5.41) is 10.4. The molecular formula is C28H23N3O. The largest absolute Gasteiger partial charge is 0.273 e. The van der Waals surface area contributed by atoms with E-state index < -0.39 is 0 Å². The second-order valence-electron chi connectivity index (χ2n) is 7.18. The summed E-state index contributed by atoms with van der Waals surface area (Å²) in [7, 11) is 0. The Kier molecular flexibility index (Phi) is 6.63. The molecule has 0 radical (unpaired) electrons. The minimum Gasteiger partial charge on any atom is -0.273 e. The maximum Gasteiger partial charge on any atom is 0.245 e. The lowest BCUT2D eigenvalue weighted by molar-refractivity contribution is -0.116. The number of benzene rings is 4. The molecular weight excluding hydrogens is 394 g/mol. The van der Waals surface area contributed by atoms with Gasteiger partial charge in [-0.05, 0) is 23.3 Å². The molecule has 0 saturated carbocycles. The first kappa shape index (κ1) is 20.9. The summed E-state index contributed by atoms with van der Waals surface area (Å²) in [4.78, 5) is 12.4. The highest BCUT2D eigenvalue weighted by molar-refractivity contribution is 5.98. The second-order valence-corrected chi connectivity index (χ2v) is 7.18. The molecule has 4 nitrogen and oxygen atoms in total. The molecule has 32 heavy (non-hydrogen) atoms. The second kappa shape index (κ2) is 10.1. The summed E-state index contributed by atoms with van der Waals surface area (Å²) in [6.07, 6.45) is 0. The lowest BCUT2D eigenvalue weighted by atomic mass is 9.93. The van der Waals surface area contributed by atoms with Crippen LogP contribution in [0.2, 0.25) is 0 Å². The van der Waals surface area contributed by atoms with Gasteiger partial charge in [0.05, 0.1) is 5.69 Å². The Hall–Kier alpha value is -4.31. The molecule has 156 valence electrons. The molecule has 4 heteroatoms. The predicted molar refractivity (Wildman–Crippen MR) is 130 cm³/mol. The summed E-state index contributed by atoms with van der Waals surface area (Å²) in [6, 6.07) is 39.4. The number of carbonyl (C=O) groups excluding carboxylic acids is 1. The minimum atomic E-state index is -0.215. The van der Waals surface area contributed by atoms with Crippen LogP contribution in [0.25, 0.3) is 11.3 Å². The molecule has 0 fully saturated rings. The van der Waals surface area contributed by atoms with Crippen LogP contribution in [0.3, 0.4) is 0 Å². The van der Waals surface area contributed by atoms with Gasteiger partial charge >= 0.3 is 0 Å². The Morgan fingerprint density at radius 1 is 0.594 bits per heavy atom. The molecule has 4 rings (SSSR count). The van der Waals surface area contributed by atoms with Crippen LogP contribution in [0.15, 0.2) is 132 Å². The monoisotopic (exact) mass is 417 g/mol. The fourth-order valence-electron chi connectivity index (χ4n) is 3.45. The van der Waals surface area contributed by atoms with E-state index >= 15 is 0 Å². The van der Waals surface area contributed by atoms with E-state index in [1.807, 2.05) is 97.1 Å². The van der Waals surface area contributed by atoms with Crippen LogP contribution < -0.4 is 5.01 Å². The maximum atomic E-state index is 12.4. The van der Waals surface area contributed by atoms with Gasteiger partial charge in [0.2, 0.25) is 5.91 Å². The SMILES string of the molecule is CC(=O)N(N=NC(=C(c1ccccc1)c1ccccc1)c1ccccc1)c1ccccc1. The smallest absolute Gasteiger partial charge is 0.245 e. The Balaban J connectivity index is 1.94. The molecule has 0 N–H and O–H groups in total. The van der Waals surface area contributed by atoms with Gasteiger partial charge in [-0.3, -0.25) is 4.79 Å². The zero-order valence-electron chi connectivity index (χ0n) is 17.8. The van der Waals surface area contributed by atoms with Gasteiger partial charge < -0.3 is 0 Å². The highest BCUT2D eigenvalue weighted by Crippen LogP contribution is 2.33. The molecule has 0 aliphatic heterocycles. The number of para-hydroxylation sites is 1. The molecule has 0 saturated heterocycles. The third-order valence-electron chi connectivity index (χ3n) is 4.94. The third-order valence-corrected chi connectivity index (χ3v) is 4.94. The van der Waals surface area contributed by atoms with Crippen molar-refractivity contribution in [1.29, 1.82) is 0 Å². The van der Waals surface area contributed by atoms with E-state index in [1.54, 1.807) is 0 Å². The molecule has 0 atom stereocenters. The van der Waals surface area contributed by atoms with Gasteiger partial charge in [0.25, 0.3) is 0 Å². The molecule has 0 aromatic heterocycles. The molecule has 0 heterocycles. The summed E-state index contributed by atoms with van der Waals surface area (Å²) in [5.74, 6) is -0.215. The van der Waals surface area contributed by atoms with Crippen molar-refractivity contribution < 1.29 is 4.79 Å². The highest BCUT2D eigenvalue weighted by Gasteiger charge is 2.16. The van der Waals surface area contributed by atoms with Gasteiger partial charge in [0, 0.05) is 18.1 Å². The number of anilines is 1. The highest BCUT2D eigenvalue weighted by atomic mass is 16.2. The summed E-state index contributed by atoms with van der Waals surface area (Å²) >= 11 is 0. The van der Waals surface area contributed by atoms with Crippen LogP contribution in [0.4, 0.5) is 5.69 Å². The Morgan fingerprint density at radius 3 is 1.44 bits per heavy atom. The van der Waals surface area contributed by atoms with Crippen molar-refractivity contribution >= 4 is 22.9 Å². The van der Waals surface area contributed by atoms with Crippen molar-refractivity contribution in [1.82, 2.24) is 0 Å². The topological polar surface area (TPSA) is 45.0 Å². The van der Waals surface area contributed by atoms with Crippen LogP contribution in [0.5, 0.6) is 0 Å².